The van der Waals surface area contributed by atoms with Gasteiger partial charge in [0.05, 0.1) is 0 Å². The number of halogens is 2. The molecule has 1 aromatic heterocycles. The molecule has 1 nitrogen and oxygen atoms in total. The fourth-order valence-electron chi connectivity index (χ4n) is 1.79. The Labute approximate surface area is 95.9 Å². The molecular formula is C12H18ClFN+. The Hall–Kier alpha value is -0.630. The Morgan fingerprint density at radius 3 is 2.20 bits per heavy atom. The maximum atomic E-state index is 14.0. The maximum Gasteiger partial charge on any atom is 0.379 e. The lowest BCUT2D eigenvalue weighted by molar-refractivity contribution is -0.747. The van der Waals surface area contributed by atoms with Crippen molar-refractivity contribution in [3.05, 3.63) is 28.3 Å². The molecule has 0 aliphatic carbocycles. The molecular weight excluding hydrogens is 213 g/mol. The zero-order valence-electron chi connectivity index (χ0n) is 9.94. The third-order valence-electron chi connectivity index (χ3n) is 2.53. The van der Waals surface area contributed by atoms with Gasteiger partial charge < -0.3 is 0 Å². The summed E-state index contributed by atoms with van der Waals surface area (Å²) >= 11 is 6.01. The van der Waals surface area contributed by atoms with Crippen molar-refractivity contribution in [1.29, 1.82) is 0 Å². The van der Waals surface area contributed by atoms with Gasteiger partial charge in [-0.2, -0.15) is 4.57 Å². The zero-order valence-corrected chi connectivity index (χ0v) is 10.7. The molecule has 1 rings (SSSR count). The molecule has 0 N–H and O–H groups in total. The molecule has 0 spiro atoms. The fourth-order valence-corrected chi connectivity index (χ4v) is 2.16. The van der Waals surface area contributed by atoms with Crippen LogP contribution in [0.25, 0.3) is 0 Å². The Bertz CT molecular complexity index is 372. The van der Waals surface area contributed by atoms with Crippen LogP contribution >= 0.6 is 11.6 Å². The standard InChI is InChI=1S/C12H18ClFN/c1-7(2)10-6-9(5)15(8(3)4)12(14)11(10)13/h6-8H,1-5H3/q+1. The maximum absolute atomic E-state index is 14.0. The topological polar surface area (TPSA) is 3.88 Å². The third kappa shape index (κ3) is 2.31. The molecule has 0 saturated carbocycles. The summed E-state index contributed by atoms with van der Waals surface area (Å²) in [6, 6.07) is 2.06. The summed E-state index contributed by atoms with van der Waals surface area (Å²) in [6.45, 7) is 9.83. The van der Waals surface area contributed by atoms with Gasteiger partial charge in [0, 0.05) is 13.0 Å². The highest BCUT2D eigenvalue weighted by Gasteiger charge is 2.25. The zero-order chi connectivity index (χ0) is 11.7. The third-order valence-corrected chi connectivity index (χ3v) is 2.90. The predicted molar refractivity (Wildman–Crippen MR) is 60.8 cm³/mol. The first-order valence-electron chi connectivity index (χ1n) is 5.26. The van der Waals surface area contributed by atoms with Crippen LogP contribution in [0.15, 0.2) is 6.07 Å². The van der Waals surface area contributed by atoms with E-state index in [0.717, 1.165) is 11.3 Å². The first kappa shape index (κ1) is 12.4. The molecule has 0 radical (unpaired) electrons. The van der Waals surface area contributed by atoms with Crippen LogP contribution < -0.4 is 4.57 Å². The summed E-state index contributed by atoms with van der Waals surface area (Å²) in [6.07, 6.45) is 0. The Kier molecular flexibility index (Phi) is 3.72. The van der Waals surface area contributed by atoms with Gasteiger partial charge in [0.2, 0.25) is 0 Å². The second-order valence-electron chi connectivity index (χ2n) is 4.46. The number of nitrogens with zero attached hydrogens (tertiary/aromatic N) is 1. The molecule has 0 bridgehead atoms. The van der Waals surface area contributed by atoms with E-state index in [1.54, 1.807) is 4.57 Å². The van der Waals surface area contributed by atoms with E-state index >= 15 is 0 Å². The molecule has 1 heterocycles. The van der Waals surface area contributed by atoms with Gasteiger partial charge in [0.15, 0.2) is 11.7 Å². The van der Waals surface area contributed by atoms with Gasteiger partial charge in [-0.25, -0.2) is 0 Å². The average Bonchev–Trinajstić information content (AvgIpc) is 2.10. The molecule has 3 heteroatoms. The highest BCUT2D eigenvalue weighted by atomic mass is 35.5. The number of aryl methyl sites for hydroxylation is 1. The number of aromatic nitrogens is 1. The largest absolute Gasteiger partial charge is 0.379 e. The van der Waals surface area contributed by atoms with Crippen molar-refractivity contribution in [3.63, 3.8) is 0 Å². The second-order valence-corrected chi connectivity index (χ2v) is 4.84. The molecule has 0 aliphatic heterocycles. The van der Waals surface area contributed by atoms with Gasteiger partial charge in [-0.05, 0) is 25.3 Å². The molecule has 0 unspecified atom stereocenters. The Morgan fingerprint density at radius 2 is 1.80 bits per heavy atom. The van der Waals surface area contributed by atoms with Crippen LogP contribution in [0.3, 0.4) is 0 Å². The second kappa shape index (κ2) is 4.48. The van der Waals surface area contributed by atoms with Gasteiger partial charge in [-0.3, -0.25) is 0 Å². The van der Waals surface area contributed by atoms with Crippen LogP contribution in [0.2, 0.25) is 5.02 Å². The summed E-state index contributed by atoms with van der Waals surface area (Å²) in [4.78, 5) is 0. The molecule has 0 fully saturated rings. The summed E-state index contributed by atoms with van der Waals surface area (Å²) < 4.78 is 15.6. The van der Waals surface area contributed by atoms with Crippen LogP contribution in [0.4, 0.5) is 4.39 Å². The normalized spacial score (nSPS) is 11.5. The minimum atomic E-state index is -0.324. The van der Waals surface area contributed by atoms with Crippen molar-refractivity contribution in [3.8, 4) is 0 Å². The molecule has 0 aromatic carbocycles. The van der Waals surface area contributed by atoms with Crippen LogP contribution in [0.5, 0.6) is 0 Å². The van der Waals surface area contributed by atoms with Gasteiger partial charge >= 0.3 is 5.95 Å². The van der Waals surface area contributed by atoms with Gasteiger partial charge in [-0.1, -0.05) is 25.4 Å². The monoisotopic (exact) mass is 230 g/mol. The van der Waals surface area contributed by atoms with Crippen molar-refractivity contribution in [1.82, 2.24) is 0 Å². The van der Waals surface area contributed by atoms with Crippen molar-refractivity contribution >= 4 is 11.6 Å². The molecule has 0 atom stereocenters. The SMILES string of the molecule is Cc1cc(C(C)C)c(Cl)c(F)[n+]1C(C)C. The van der Waals surface area contributed by atoms with E-state index < -0.39 is 0 Å². The Balaban J connectivity index is 3.44. The van der Waals surface area contributed by atoms with E-state index in [-0.39, 0.29) is 22.9 Å². The van der Waals surface area contributed by atoms with E-state index in [9.17, 15) is 4.39 Å². The van der Waals surface area contributed by atoms with Crippen molar-refractivity contribution < 1.29 is 8.96 Å². The molecule has 0 amide bonds. The van der Waals surface area contributed by atoms with E-state index in [4.69, 9.17) is 11.6 Å². The van der Waals surface area contributed by atoms with Gasteiger partial charge in [0.1, 0.15) is 5.02 Å². The lowest BCUT2D eigenvalue weighted by Crippen LogP contribution is -2.44. The highest BCUT2D eigenvalue weighted by molar-refractivity contribution is 6.31. The smallest absolute Gasteiger partial charge is 0.168 e. The minimum Gasteiger partial charge on any atom is -0.168 e. The molecule has 1 aromatic rings. The van der Waals surface area contributed by atoms with Gasteiger partial charge in [-0.15, -0.1) is 4.39 Å². The van der Waals surface area contributed by atoms with Crippen LogP contribution in [-0.2, 0) is 0 Å². The lowest BCUT2D eigenvalue weighted by Gasteiger charge is -2.12. The number of hydrogen-bond donors (Lipinski definition) is 0. The van der Waals surface area contributed by atoms with Crippen LogP contribution in [0, 0.1) is 12.9 Å². The molecule has 15 heavy (non-hydrogen) atoms. The van der Waals surface area contributed by atoms with Crippen LogP contribution in [0.1, 0.15) is 50.9 Å². The number of rotatable bonds is 2. The first-order chi connectivity index (χ1) is 6.86. The number of hydrogen-bond acceptors (Lipinski definition) is 0. The van der Waals surface area contributed by atoms with E-state index in [1.165, 1.54) is 0 Å². The van der Waals surface area contributed by atoms with E-state index in [1.807, 2.05) is 40.7 Å². The quantitative estimate of drug-likeness (QED) is 0.538. The lowest BCUT2D eigenvalue weighted by atomic mass is 10.0. The summed E-state index contributed by atoms with van der Waals surface area (Å²) in [7, 11) is 0. The van der Waals surface area contributed by atoms with Crippen molar-refractivity contribution in [2.24, 2.45) is 0 Å². The summed E-state index contributed by atoms with van der Waals surface area (Å²) in [5, 5.41) is 0.254. The van der Waals surface area contributed by atoms with E-state index in [2.05, 4.69) is 0 Å². The average molecular weight is 231 g/mol. The molecule has 84 valence electrons. The summed E-state index contributed by atoms with van der Waals surface area (Å²) in [5.74, 6) is -0.0807. The van der Waals surface area contributed by atoms with E-state index in [0.29, 0.717) is 0 Å². The number of pyridine rings is 1. The highest BCUT2D eigenvalue weighted by Crippen LogP contribution is 2.26. The molecule has 0 saturated heterocycles. The predicted octanol–water partition coefficient (Wildman–Crippen LogP) is 3.78. The van der Waals surface area contributed by atoms with Crippen molar-refractivity contribution in [2.45, 2.75) is 46.6 Å². The molecule has 0 aliphatic rings. The minimum absolute atomic E-state index is 0.0868. The van der Waals surface area contributed by atoms with Gasteiger partial charge in [0.25, 0.3) is 0 Å². The fraction of sp³-hybridized carbons (Fsp3) is 0.583. The first-order valence-corrected chi connectivity index (χ1v) is 5.64. The summed E-state index contributed by atoms with van der Waals surface area (Å²) in [5.41, 5.74) is 1.79. The Morgan fingerprint density at radius 1 is 1.27 bits per heavy atom. The van der Waals surface area contributed by atoms with Crippen molar-refractivity contribution in [2.75, 3.05) is 0 Å². The van der Waals surface area contributed by atoms with Crippen LogP contribution in [-0.4, -0.2) is 0 Å².